The summed E-state index contributed by atoms with van der Waals surface area (Å²) in [5.41, 5.74) is 1.32. The van der Waals surface area contributed by atoms with Gasteiger partial charge in [0.1, 0.15) is 11.4 Å². The van der Waals surface area contributed by atoms with Crippen molar-refractivity contribution >= 4 is 21.7 Å². The van der Waals surface area contributed by atoms with Gasteiger partial charge in [-0.15, -0.1) is 0 Å². The first kappa shape index (κ1) is 12.8. The van der Waals surface area contributed by atoms with Gasteiger partial charge in [0, 0.05) is 29.7 Å². The average molecular weight is 309 g/mol. The van der Waals surface area contributed by atoms with Gasteiger partial charge in [-0.1, -0.05) is 15.9 Å². The second-order valence-electron chi connectivity index (χ2n) is 3.98. The molecule has 4 nitrogen and oxygen atoms in total. The van der Waals surface area contributed by atoms with E-state index in [2.05, 4.69) is 20.9 Å². The van der Waals surface area contributed by atoms with E-state index in [1.165, 1.54) is 0 Å². The maximum atomic E-state index is 12.1. The van der Waals surface area contributed by atoms with Gasteiger partial charge in [0.15, 0.2) is 5.78 Å². The van der Waals surface area contributed by atoms with Gasteiger partial charge in [-0.25, -0.2) is 4.98 Å². The van der Waals surface area contributed by atoms with Crippen molar-refractivity contribution in [3.63, 3.8) is 0 Å². The summed E-state index contributed by atoms with van der Waals surface area (Å²) >= 11 is 3.39. The van der Waals surface area contributed by atoms with Crippen molar-refractivity contribution in [2.75, 3.05) is 7.11 Å². The van der Waals surface area contributed by atoms with E-state index in [1.807, 2.05) is 25.2 Å². The summed E-state index contributed by atoms with van der Waals surface area (Å²) in [6.45, 7) is 0. The van der Waals surface area contributed by atoms with E-state index in [1.54, 1.807) is 24.2 Å². The maximum absolute atomic E-state index is 12.1. The zero-order valence-corrected chi connectivity index (χ0v) is 11.8. The molecule has 2 aromatic rings. The van der Waals surface area contributed by atoms with Gasteiger partial charge in [-0.3, -0.25) is 4.79 Å². The minimum atomic E-state index is -0.0213. The molecule has 0 spiro atoms. The van der Waals surface area contributed by atoms with Gasteiger partial charge < -0.3 is 9.30 Å². The normalized spacial score (nSPS) is 10.4. The number of benzene rings is 1. The summed E-state index contributed by atoms with van der Waals surface area (Å²) in [5, 5.41) is 0. The molecule has 0 aliphatic carbocycles. The van der Waals surface area contributed by atoms with E-state index in [9.17, 15) is 4.79 Å². The summed E-state index contributed by atoms with van der Waals surface area (Å²) < 4.78 is 7.92. The Morgan fingerprint density at radius 1 is 1.50 bits per heavy atom. The predicted molar refractivity (Wildman–Crippen MR) is 71.9 cm³/mol. The van der Waals surface area contributed by atoms with Crippen LogP contribution in [0.1, 0.15) is 16.1 Å². The van der Waals surface area contributed by atoms with Crippen LogP contribution in [0.5, 0.6) is 5.75 Å². The summed E-state index contributed by atoms with van der Waals surface area (Å²) in [6, 6.07) is 5.61. The van der Waals surface area contributed by atoms with E-state index in [0.29, 0.717) is 11.4 Å². The fraction of sp³-hybridized carbons (Fsp3) is 0.231. The maximum Gasteiger partial charge on any atom is 0.187 e. The van der Waals surface area contributed by atoms with Crippen molar-refractivity contribution < 1.29 is 9.53 Å². The number of aryl methyl sites for hydroxylation is 1. The SMILES string of the molecule is COc1ccc(Br)cc1CC(=O)c1cn(C)cn1. The lowest BCUT2D eigenvalue weighted by Crippen LogP contribution is -2.05. The standard InChI is InChI=1S/C13H13BrN2O2/c1-16-7-11(15-8-16)12(17)6-9-5-10(14)3-4-13(9)18-2/h3-5,7-8H,6H2,1-2H3. The van der Waals surface area contributed by atoms with Crippen molar-refractivity contribution in [3.05, 3.63) is 46.5 Å². The molecule has 0 unspecified atom stereocenters. The van der Waals surface area contributed by atoms with Crippen LogP contribution in [0.3, 0.4) is 0 Å². The molecule has 0 aliphatic heterocycles. The first-order chi connectivity index (χ1) is 8.60. The molecule has 18 heavy (non-hydrogen) atoms. The summed E-state index contributed by atoms with van der Waals surface area (Å²) in [6.07, 6.45) is 3.61. The van der Waals surface area contributed by atoms with Crippen molar-refractivity contribution in [2.45, 2.75) is 6.42 Å². The Balaban J connectivity index is 2.23. The molecule has 0 saturated heterocycles. The number of halogens is 1. The minimum Gasteiger partial charge on any atom is -0.496 e. The van der Waals surface area contributed by atoms with Gasteiger partial charge in [0.25, 0.3) is 0 Å². The third kappa shape index (κ3) is 2.79. The van der Waals surface area contributed by atoms with Gasteiger partial charge in [0.2, 0.25) is 0 Å². The highest BCUT2D eigenvalue weighted by Gasteiger charge is 2.13. The van der Waals surface area contributed by atoms with Gasteiger partial charge in [0.05, 0.1) is 13.4 Å². The average Bonchev–Trinajstić information content (AvgIpc) is 2.76. The molecular formula is C13H13BrN2O2. The van der Waals surface area contributed by atoms with E-state index < -0.39 is 0 Å². The van der Waals surface area contributed by atoms with Crippen LogP contribution in [0.15, 0.2) is 35.2 Å². The van der Waals surface area contributed by atoms with E-state index >= 15 is 0 Å². The topological polar surface area (TPSA) is 44.1 Å². The number of Topliss-reactive ketones (excluding diaryl/α,β-unsaturated/α-hetero) is 1. The summed E-state index contributed by atoms with van der Waals surface area (Å²) in [4.78, 5) is 16.1. The summed E-state index contributed by atoms with van der Waals surface area (Å²) in [5.74, 6) is 0.689. The number of carbonyl (C=O) groups excluding carboxylic acids is 1. The van der Waals surface area contributed by atoms with Crippen LogP contribution in [0.25, 0.3) is 0 Å². The number of rotatable bonds is 4. The van der Waals surface area contributed by atoms with E-state index in [4.69, 9.17) is 4.74 Å². The fourth-order valence-electron chi connectivity index (χ4n) is 1.71. The molecule has 0 fully saturated rings. The van der Waals surface area contributed by atoms with Crippen LogP contribution in [0.2, 0.25) is 0 Å². The fourth-order valence-corrected chi connectivity index (χ4v) is 2.11. The van der Waals surface area contributed by atoms with Gasteiger partial charge in [-0.2, -0.15) is 0 Å². The molecule has 0 radical (unpaired) electrons. The number of aromatic nitrogens is 2. The monoisotopic (exact) mass is 308 g/mol. The number of imidazole rings is 1. The molecule has 1 heterocycles. The first-order valence-electron chi connectivity index (χ1n) is 5.43. The zero-order valence-electron chi connectivity index (χ0n) is 10.2. The molecule has 2 rings (SSSR count). The van der Waals surface area contributed by atoms with Crippen molar-refractivity contribution in [2.24, 2.45) is 7.05 Å². The lowest BCUT2D eigenvalue weighted by molar-refractivity contribution is 0.0987. The molecule has 1 aromatic heterocycles. The van der Waals surface area contributed by atoms with Crippen LogP contribution in [0.4, 0.5) is 0 Å². The molecule has 0 aliphatic rings. The molecule has 1 aromatic carbocycles. The quantitative estimate of drug-likeness (QED) is 0.816. The Morgan fingerprint density at radius 2 is 2.28 bits per heavy atom. The third-order valence-electron chi connectivity index (χ3n) is 2.58. The molecule has 0 N–H and O–H groups in total. The van der Waals surface area contributed by atoms with Gasteiger partial charge >= 0.3 is 0 Å². The molecule has 0 atom stereocenters. The van der Waals surface area contributed by atoms with Crippen LogP contribution in [0, 0.1) is 0 Å². The zero-order chi connectivity index (χ0) is 13.1. The Morgan fingerprint density at radius 3 is 2.89 bits per heavy atom. The van der Waals surface area contributed by atoms with E-state index in [-0.39, 0.29) is 12.2 Å². The molecule has 94 valence electrons. The first-order valence-corrected chi connectivity index (χ1v) is 6.23. The third-order valence-corrected chi connectivity index (χ3v) is 3.08. The molecular weight excluding hydrogens is 296 g/mol. The Labute approximate surface area is 114 Å². The van der Waals surface area contributed by atoms with Crippen molar-refractivity contribution in [1.29, 1.82) is 0 Å². The number of carbonyl (C=O) groups is 1. The smallest absolute Gasteiger partial charge is 0.187 e. The van der Waals surface area contributed by atoms with Crippen LogP contribution < -0.4 is 4.74 Å². The van der Waals surface area contributed by atoms with Crippen LogP contribution in [-0.2, 0) is 13.5 Å². The second kappa shape index (κ2) is 5.35. The van der Waals surface area contributed by atoms with Gasteiger partial charge in [-0.05, 0) is 18.2 Å². The molecule has 5 heteroatoms. The Hall–Kier alpha value is -1.62. The lowest BCUT2D eigenvalue weighted by Gasteiger charge is -2.07. The molecule has 0 amide bonds. The largest absolute Gasteiger partial charge is 0.496 e. The van der Waals surface area contributed by atoms with Crippen molar-refractivity contribution in [3.8, 4) is 5.75 Å². The minimum absolute atomic E-state index is 0.0213. The van der Waals surface area contributed by atoms with Crippen molar-refractivity contribution in [1.82, 2.24) is 9.55 Å². The number of hydrogen-bond donors (Lipinski definition) is 0. The number of nitrogens with zero attached hydrogens (tertiary/aromatic N) is 2. The highest BCUT2D eigenvalue weighted by molar-refractivity contribution is 9.10. The number of hydrogen-bond acceptors (Lipinski definition) is 3. The molecule has 0 bridgehead atoms. The lowest BCUT2D eigenvalue weighted by atomic mass is 10.1. The molecule has 0 saturated carbocycles. The van der Waals surface area contributed by atoms with Crippen LogP contribution >= 0.6 is 15.9 Å². The summed E-state index contributed by atoms with van der Waals surface area (Å²) in [7, 11) is 3.43. The highest BCUT2D eigenvalue weighted by atomic mass is 79.9. The number of ether oxygens (including phenoxy) is 1. The van der Waals surface area contributed by atoms with Crippen LogP contribution in [-0.4, -0.2) is 22.4 Å². The highest BCUT2D eigenvalue weighted by Crippen LogP contribution is 2.24. The number of methoxy groups -OCH3 is 1. The van der Waals surface area contributed by atoms with E-state index in [0.717, 1.165) is 10.0 Å². The number of ketones is 1. The Kier molecular flexibility index (Phi) is 3.81. The predicted octanol–water partition coefficient (Wildman–Crippen LogP) is 2.62. The Bertz CT molecular complexity index is 578. The second-order valence-corrected chi connectivity index (χ2v) is 4.90.